The van der Waals surface area contributed by atoms with E-state index in [-0.39, 0.29) is 5.91 Å². The van der Waals surface area contributed by atoms with Crippen LogP contribution in [0.4, 0.5) is 11.4 Å². The number of hydrogen-bond acceptors (Lipinski definition) is 5. The number of pyridine rings is 1. The first-order valence-electron chi connectivity index (χ1n) is 8.99. The van der Waals surface area contributed by atoms with Crippen molar-refractivity contribution in [1.82, 2.24) is 9.88 Å². The van der Waals surface area contributed by atoms with Crippen LogP contribution in [0.25, 0.3) is 10.9 Å². The van der Waals surface area contributed by atoms with E-state index < -0.39 is 0 Å². The minimum atomic E-state index is -0.0593. The molecule has 1 fully saturated rings. The summed E-state index contributed by atoms with van der Waals surface area (Å²) in [6.07, 6.45) is 0. The minimum absolute atomic E-state index is 0.0593. The molecule has 0 bridgehead atoms. The topological polar surface area (TPSA) is 71.7 Å². The predicted octanol–water partition coefficient (Wildman–Crippen LogP) is 2.79. The summed E-state index contributed by atoms with van der Waals surface area (Å²) in [5.41, 5.74) is 8.82. The van der Waals surface area contributed by atoms with Crippen LogP contribution in [0.5, 0.6) is 5.75 Å². The summed E-state index contributed by atoms with van der Waals surface area (Å²) >= 11 is 0. The molecule has 27 heavy (non-hydrogen) atoms. The third-order valence-corrected chi connectivity index (χ3v) is 4.94. The van der Waals surface area contributed by atoms with Gasteiger partial charge in [-0.15, -0.1) is 0 Å². The molecular weight excluding hydrogens is 340 g/mol. The summed E-state index contributed by atoms with van der Waals surface area (Å²) < 4.78 is 5.46. The van der Waals surface area contributed by atoms with Crippen LogP contribution in [0.1, 0.15) is 10.5 Å². The Bertz CT molecular complexity index is 964. The lowest BCUT2D eigenvalue weighted by Crippen LogP contribution is -2.49. The zero-order valence-electron chi connectivity index (χ0n) is 15.3. The van der Waals surface area contributed by atoms with Gasteiger partial charge in [-0.05, 0) is 36.4 Å². The van der Waals surface area contributed by atoms with Gasteiger partial charge in [-0.2, -0.15) is 0 Å². The molecule has 2 heterocycles. The number of amides is 1. The van der Waals surface area contributed by atoms with Crippen LogP contribution in [0.3, 0.4) is 0 Å². The van der Waals surface area contributed by atoms with Crippen molar-refractivity contribution in [2.45, 2.75) is 0 Å². The molecule has 1 aliphatic rings. The maximum atomic E-state index is 13.0. The first-order valence-corrected chi connectivity index (χ1v) is 8.99. The van der Waals surface area contributed by atoms with Gasteiger partial charge in [0.05, 0.1) is 12.6 Å². The van der Waals surface area contributed by atoms with E-state index in [4.69, 9.17) is 10.5 Å². The van der Waals surface area contributed by atoms with Crippen LogP contribution in [0.2, 0.25) is 0 Å². The highest BCUT2D eigenvalue weighted by molar-refractivity contribution is 5.97. The van der Waals surface area contributed by atoms with E-state index in [1.807, 2.05) is 53.4 Å². The van der Waals surface area contributed by atoms with E-state index in [0.717, 1.165) is 35.4 Å². The molecular formula is C21H22N4O2. The molecule has 0 radical (unpaired) electrons. The monoisotopic (exact) mass is 362 g/mol. The van der Waals surface area contributed by atoms with Crippen LogP contribution in [-0.2, 0) is 0 Å². The SMILES string of the molecule is COc1cc(C(=O)N2CCN(c3ccc(N)cc3)CC2)nc2ccccc12. The normalized spacial score (nSPS) is 14.4. The van der Waals surface area contributed by atoms with Gasteiger partial charge in [-0.25, -0.2) is 4.98 Å². The van der Waals surface area contributed by atoms with Gasteiger partial charge in [0, 0.05) is 49.0 Å². The molecule has 3 aromatic rings. The summed E-state index contributed by atoms with van der Waals surface area (Å²) in [6.45, 7) is 2.86. The number of nitrogens with two attached hydrogens (primary N) is 1. The number of aromatic nitrogens is 1. The fourth-order valence-electron chi connectivity index (χ4n) is 3.44. The second-order valence-electron chi connectivity index (χ2n) is 6.60. The van der Waals surface area contributed by atoms with Gasteiger partial charge >= 0.3 is 0 Å². The van der Waals surface area contributed by atoms with Crippen LogP contribution in [-0.4, -0.2) is 49.1 Å². The smallest absolute Gasteiger partial charge is 0.272 e. The number of fused-ring (bicyclic) bond motifs is 1. The van der Waals surface area contributed by atoms with Gasteiger partial charge < -0.3 is 20.3 Å². The highest BCUT2D eigenvalue weighted by Gasteiger charge is 2.24. The number of carbonyl (C=O) groups excluding carboxylic acids is 1. The highest BCUT2D eigenvalue weighted by Crippen LogP contribution is 2.26. The Balaban J connectivity index is 1.51. The molecule has 0 atom stereocenters. The van der Waals surface area contributed by atoms with E-state index in [1.54, 1.807) is 13.2 Å². The first-order chi connectivity index (χ1) is 13.2. The molecule has 2 N–H and O–H groups in total. The number of para-hydroxylation sites is 1. The Labute approximate surface area is 158 Å². The first kappa shape index (κ1) is 17.1. The maximum Gasteiger partial charge on any atom is 0.272 e. The third-order valence-electron chi connectivity index (χ3n) is 4.94. The zero-order chi connectivity index (χ0) is 18.8. The number of piperazine rings is 1. The van der Waals surface area contributed by atoms with Crippen molar-refractivity contribution in [2.24, 2.45) is 0 Å². The third kappa shape index (κ3) is 3.38. The molecule has 1 amide bonds. The average Bonchev–Trinajstić information content (AvgIpc) is 2.73. The van der Waals surface area contributed by atoms with E-state index in [2.05, 4.69) is 9.88 Å². The fourth-order valence-corrected chi connectivity index (χ4v) is 3.44. The van der Waals surface area contributed by atoms with E-state index in [1.165, 1.54) is 0 Å². The number of nitrogen functional groups attached to an aromatic ring is 1. The molecule has 4 rings (SSSR count). The number of anilines is 2. The second kappa shape index (κ2) is 7.15. The zero-order valence-corrected chi connectivity index (χ0v) is 15.3. The van der Waals surface area contributed by atoms with Gasteiger partial charge in [0.2, 0.25) is 0 Å². The van der Waals surface area contributed by atoms with Crippen molar-refractivity contribution < 1.29 is 9.53 Å². The molecule has 0 spiro atoms. The minimum Gasteiger partial charge on any atom is -0.496 e. The van der Waals surface area contributed by atoms with E-state index in [0.29, 0.717) is 24.5 Å². The van der Waals surface area contributed by atoms with E-state index >= 15 is 0 Å². The average molecular weight is 362 g/mol. The number of rotatable bonds is 3. The number of ether oxygens (including phenoxy) is 1. The molecule has 6 nitrogen and oxygen atoms in total. The lowest BCUT2D eigenvalue weighted by Gasteiger charge is -2.36. The van der Waals surface area contributed by atoms with Crippen LogP contribution in [0, 0.1) is 0 Å². The summed E-state index contributed by atoms with van der Waals surface area (Å²) in [5, 5.41) is 0.907. The number of carbonyl (C=O) groups is 1. The van der Waals surface area contributed by atoms with Crippen molar-refractivity contribution in [3.63, 3.8) is 0 Å². The Morgan fingerprint density at radius 2 is 1.74 bits per heavy atom. The van der Waals surface area contributed by atoms with Gasteiger partial charge in [0.1, 0.15) is 11.4 Å². The molecule has 1 aromatic heterocycles. The molecule has 0 unspecified atom stereocenters. The molecule has 6 heteroatoms. The van der Waals surface area contributed by atoms with Crippen molar-refractivity contribution in [3.05, 3.63) is 60.3 Å². The quantitative estimate of drug-likeness (QED) is 0.726. The number of methoxy groups -OCH3 is 1. The summed E-state index contributed by atoms with van der Waals surface area (Å²) in [4.78, 5) is 21.6. The lowest BCUT2D eigenvalue weighted by atomic mass is 10.1. The number of nitrogens with zero attached hydrogens (tertiary/aromatic N) is 3. The van der Waals surface area contributed by atoms with Crippen molar-refractivity contribution >= 4 is 28.2 Å². The van der Waals surface area contributed by atoms with Gasteiger partial charge in [0.25, 0.3) is 5.91 Å². The standard InChI is InChI=1S/C21H22N4O2/c1-27-20-14-19(23-18-5-3-2-4-17(18)20)21(26)25-12-10-24(11-13-25)16-8-6-15(22)7-9-16/h2-9,14H,10-13,22H2,1H3. The molecule has 1 saturated heterocycles. The predicted molar refractivity (Wildman–Crippen MR) is 107 cm³/mol. The van der Waals surface area contributed by atoms with Crippen LogP contribution in [0.15, 0.2) is 54.6 Å². The number of benzene rings is 2. The largest absolute Gasteiger partial charge is 0.496 e. The summed E-state index contributed by atoms with van der Waals surface area (Å²) in [7, 11) is 1.61. The van der Waals surface area contributed by atoms with E-state index in [9.17, 15) is 4.79 Å². The molecule has 2 aromatic carbocycles. The van der Waals surface area contributed by atoms with Gasteiger partial charge in [-0.3, -0.25) is 4.79 Å². The van der Waals surface area contributed by atoms with Crippen molar-refractivity contribution in [1.29, 1.82) is 0 Å². The van der Waals surface area contributed by atoms with Crippen LogP contribution < -0.4 is 15.4 Å². The van der Waals surface area contributed by atoms with Crippen molar-refractivity contribution in [3.8, 4) is 5.75 Å². The molecule has 0 saturated carbocycles. The Kier molecular flexibility index (Phi) is 4.54. The summed E-state index contributed by atoms with van der Waals surface area (Å²) in [5.74, 6) is 0.612. The van der Waals surface area contributed by atoms with Crippen molar-refractivity contribution in [2.75, 3.05) is 43.9 Å². The molecule has 138 valence electrons. The maximum absolute atomic E-state index is 13.0. The Morgan fingerprint density at radius 1 is 1.04 bits per heavy atom. The summed E-state index contributed by atoms with van der Waals surface area (Å²) in [6, 6.07) is 17.3. The van der Waals surface area contributed by atoms with Gasteiger partial charge in [-0.1, -0.05) is 12.1 Å². The number of hydrogen-bond donors (Lipinski definition) is 1. The van der Waals surface area contributed by atoms with Gasteiger partial charge in [0.15, 0.2) is 0 Å². The highest BCUT2D eigenvalue weighted by atomic mass is 16.5. The lowest BCUT2D eigenvalue weighted by molar-refractivity contribution is 0.0741. The molecule has 1 aliphatic heterocycles. The Hall–Kier alpha value is -3.28. The fraction of sp³-hybridized carbons (Fsp3) is 0.238. The Morgan fingerprint density at radius 3 is 2.44 bits per heavy atom. The van der Waals surface area contributed by atoms with Crippen LogP contribution >= 0.6 is 0 Å². The second-order valence-corrected chi connectivity index (χ2v) is 6.60. The molecule has 0 aliphatic carbocycles.